The van der Waals surface area contributed by atoms with E-state index < -0.39 is 11.8 Å². The van der Waals surface area contributed by atoms with Crippen LogP contribution in [0.5, 0.6) is 11.5 Å². The summed E-state index contributed by atoms with van der Waals surface area (Å²) in [5.74, 6) is -0.310. The molecule has 0 radical (unpaired) electrons. The Bertz CT molecular complexity index is 942. The van der Waals surface area contributed by atoms with E-state index in [0.29, 0.717) is 23.7 Å². The molecule has 9 nitrogen and oxygen atoms in total. The monoisotopic (exact) mass is 395 g/mol. The maximum Gasteiger partial charge on any atom is 0.313 e. The molecule has 0 aliphatic heterocycles. The number of carbonyl (C=O) groups is 2. The molecular formula is C20H21N5O4. The van der Waals surface area contributed by atoms with Crippen LogP contribution in [-0.2, 0) is 16.1 Å². The molecule has 1 heterocycles. The number of amides is 2. The Morgan fingerprint density at radius 3 is 2.48 bits per heavy atom. The van der Waals surface area contributed by atoms with Gasteiger partial charge in [-0.05, 0) is 29.8 Å². The Labute approximate surface area is 167 Å². The first-order valence-electron chi connectivity index (χ1n) is 8.92. The van der Waals surface area contributed by atoms with Gasteiger partial charge in [0, 0.05) is 5.69 Å². The minimum atomic E-state index is -0.744. The zero-order valence-electron chi connectivity index (χ0n) is 15.9. The van der Waals surface area contributed by atoms with Crippen LogP contribution in [0, 0.1) is 0 Å². The number of aromatic nitrogens is 3. The number of benzene rings is 2. The number of hydrogen-bond donors (Lipinski definition) is 2. The lowest BCUT2D eigenvalue weighted by Crippen LogP contribution is -2.37. The van der Waals surface area contributed by atoms with Crippen LogP contribution in [0.4, 0.5) is 5.69 Å². The summed E-state index contributed by atoms with van der Waals surface area (Å²) in [4.78, 5) is 27.8. The molecule has 0 atom stereocenters. The molecule has 0 fully saturated rings. The van der Waals surface area contributed by atoms with E-state index in [4.69, 9.17) is 9.47 Å². The molecule has 0 spiro atoms. The molecule has 0 saturated carbocycles. The van der Waals surface area contributed by atoms with Gasteiger partial charge in [0.1, 0.15) is 19.3 Å². The fourth-order valence-electron chi connectivity index (χ4n) is 2.53. The molecule has 3 rings (SSSR count). The van der Waals surface area contributed by atoms with Gasteiger partial charge in [0.05, 0.1) is 20.2 Å². The standard InChI is InChI=1S/C20H21N5O4/c1-28-17-4-2-3-5-18(17)29-11-10-22-19(26)20(27)24-16-8-6-15(7-9-16)12-25-14-21-13-23-25/h2-9,13-14H,10-12H2,1H3,(H,22,26)(H,24,27). The lowest BCUT2D eigenvalue weighted by molar-refractivity contribution is -0.136. The van der Waals surface area contributed by atoms with Gasteiger partial charge in [-0.15, -0.1) is 0 Å². The van der Waals surface area contributed by atoms with Gasteiger partial charge in [-0.3, -0.25) is 9.59 Å². The van der Waals surface area contributed by atoms with Crippen molar-refractivity contribution in [2.75, 3.05) is 25.6 Å². The molecule has 3 aromatic rings. The van der Waals surface area contributed by atoms with Crippen molar-refractivity contribution in [1.29, 1.82) is 0 Å². The number of anilines is 1. The molecule has 29 heavy (non-hydrogen) atoms. The number of para-hydroxylation sites is 2. The summed E-state index contributed by atoms with van der Waals surface area (Å²) in [5.41, 5.74) is 1.52. The van der Waals surface area contributed by atoms with Crippen molar-refractivity contribution in [3.63, 3.8) is 0 Å². The summed E-state index contributed by atoms with van der Waals surface area (Å²) in [7, 11) is 1.55. The Kier molecular flexibility index (Phi) is 6.77. The summed E-state index contributed by atoms with van der Waals surface area (Å²) >= 11 is 0. The molecule has 0 bridgehead atoms. The van der Waals surface area contributed by atoms with Crippen molar-refractivity contribution in [2.24, 2.45) is 0 Å². The predicted octanol–water partition coefficient (Wildman–Crippen LogP) is 1.47. The number of nitrogens with one attached hydrogen (secondary N) is 2. The summed E-state index contributed by atoms with van der Waals surface area (Å²) in [6, 6.07) is 14.3. The van der Waals surface area contributed by atoms with Gasteiger partial charge < -0.3 is 20.1 Å². The average Bonchev–Trinajstić information content (AvgIpc) is 3.25. The van der Waals surface area contributed by atoms with E-state index in [-0.39, 0.29) is 13.2 Å². The number of ether oxygens (including phenoxy) is 2. The highest BCUT2D eigenvalue weighted by molar-refractivity contribution is 6.39. The predicted molar refractivity (Wildman–Crippen MR) is 106 cm³/mol. The summed E-state index contributed by atoms with van der Waals surface area (Å²) in [5, 5.41) is 9.11. The zero-order chi connectivity index (χ0) is 20.5. The maximum atomic E-state index is 12.0. The Balaban J connectivity index is 1.41. The number of rotatable bonds is 8. The van der Waals surface area contributed by atoms with Crippen molar-refractivity contribution >= 4 is 17.5 Å². The van der Waals surface area contributed by atoms with Crippen molar-refractivity contribution < 1.29 is 19.1 Å². The number of methoxy groups -OCH3 is 1. The number of hydrogen-bond acceptors (Lipinski definition) is 6. The smallest absolute Gasteiger partial charge is 0.313 e. The summed E-state index contributed by atoms with van der Waals surface area (Å²) < 4.78 is 12.4. The van der Waals surface area contributed by atoms with Crippen LogP contribution >= 0.6 is 0 Å². The minimum absolute atomic E-state index is 0.182. The quantitative estimate of drug-likeness (QED) is 0.442. The van der Waals surface area contributed by atoms with E-state index >= 15 is 0 Å². The molecule has 0 unspecified atom stereocenters. The van der Waals surface area contributed by atoms with Crippen molar-refractivity contribution in [2.45, 2.75) is 6.54 Å². The minimum Gasteiger partial charge on any atom is -0.493 e. The summed E-state index contributed by atoms with van der Waals surface area (Å²) in [6.07, 6.45) is 3.09. The van der Waals surface area contributed by atoms with Crippen LogP contribution in [0.25, 0.3) is 0 Å². The fraction of sp³-hybridized carbons (Fsp3) is 0.200. The Morgan fingerprint density at radius 2 is 1.79 bits per heavy atom. The SMILES string of the molecule is COc1ccccc1OCCNC(=O)C(=O)Nc1ccc(Cn2cncn2)cc1. The van der Waals surface area contributed by atoms with Crippen LogP contribution in [-0.4, -0.2) is 46.8 Å². The molecule has 0 aliphatic rings. The van der Waals surface area contributed by atoms with Gasteiger partial charge in [-0.25, -0.2) is 9.67 Å². The molecule has 2 aromatic carbocycles. The molecule has 0 saturated heterocycles. The van der Waals surface area contributed by atoms with Gasteiger partial charge in [-0.1, -0.05) is 24.3 Å². The lowest BCUT2D eigenvalue weighted by atomic mass is 10.2. The summed E-state index contributed by atoms with van der Waals surface area (Å²) in [6.45, 7) is 0.957. The van der Waals surface area contributed by atoms with Gasteiger partial charge >= 0.3 is 11.8 Å². The first-order valence-corrected chi connectivity index (χ1v) is 8.92. The molecule has 2 N–H and O–H groups in total. The first-order chi connectivity index (χ1) is 14.2. The zero-order valence-corrected chi connectivity index (χ0v) is 15.9. The van der Waals surface area contributed by atoms with Crippen molar-refractivity contribution in [1.82, 2.24) is 20.1 Å². The van der Waals surface area contributed by atoms with Gasteiger partial charge in [0.15, 0.2) is 11.5 Å². The largest absolute Gasteiger partial charge is 0.493 e. The van der Waals surface area contributed by atoms with Crippen LogP contribution in [0.2, 0.25) is 0 Å². The third-order valence-corrected chi connectivity index (χ3v) is 3.94. The van der Waals surface area contributed by atoms with E-state index in [2.05, 4.69) is 20.7 Å². The van der Waals surface area contributed by atoms with Crippen LogP contribution < -0.4 is 20.1 Å². The molecule has 9 heteroatoms. The second kappa shape index (κ2) is 9.88. The van der Waals surface area contributed by atoms with E-state index in [1.54, 1.807) is 42.4 Å². The lowest BCUT2D eigenvalue weighted by Gasteiger charge is -2.11. The van der Waals surface area contributed by atoms with E-state index in [1.165, 1.54) is 6.33 Å². The van der Waals surface area contributed by atoms with Crippen LogP contribution in [0.15, 0.2) is 61.2 Å². The van der Waals surface area contributed by atoms with Gasteiger partial charge in [0.2, 0.25) is 0 Å². The van der Waals surface area contributed by atoms with E-state index in [0.717, 1.165) is 5.56 Å². The van der Waals surface area contributed by atoms with Crippen LogP contribution in [0.3, 0.4) is 0 Å². The number of nitrogens with zero attached hydrogens (tertiary/aromatic N) is 3. The van der Waals surface area contributed by atoms with Gasteiger partial charge in [0.25, 0.3) is 0 Å². The van der Waals surface area contributed by atoms with Crippen LogP contribution in [0.1, 0.15) is 5.56 Å². The third kappa shape index (κ3) is 5.80. The average molecular weight is 395 g/mol. The van der Waals surface area contributed by atoms with Crippen molar-refractivity contribution in [3.05, 3.63) is 66.7 Å². The topological polar surface area (TPSA) is 107 Å². The molecule has 2 amide bonds. The molecule has 150 valence electrons. The molecule has 0 aliphatic carbocycles. The van der Waals surface area contributed by atoms with Crippen molar-refractivity contribution in [3.8, 4) is 11.5 Å². The van der Waals surface area contributed by atoms with Gasteiger partial charge in [-0.2, -0.15) is 5.10 Å². The first kappa shape index (κ1) is 19.9. The highest BCUT2D eigenvalue weighted by Crippen LogP contribution is 2.25. The second-order valence-electron chi connectivity index (χ2n) is 6.00. The maximum absolute atomic E-state index is 12.0. The van der Waals surface area contributed by atoms with E-state index in [1.807, 2.05) is 24.3 Å². The Hall–Kier alpha value is -3.88. The normalized spacial score (nSPS) is 10.2. The highest BCUT2D eigenvalue weighted by atomic mass is 16.5. The molecular weight excluding hydrogens is 374 g/mol. The molecule has 1 aromatic heterocycles. The Morgan fingerprint density at radius 1 is 1.03 bits per heavy atom. The van der Waals surface area contributed by atoms with E-state index in [9.17, 15) is 9.59 Å². The fourth-order valence-corrected chi connectivity index (χ4v) is 2.53. The second-order valence-corrected chi connectivity index (χ2v) is 6.00. The highest BCUT2D eigenvalue weighted by Gasteiger charge is 2.13. The third-order valence-electron chi connectivity index (χ3n) is 3.94. The number of carbonyl (C=O) groups excluding carboxylic acids is 2.